The van der Waals surface area contributed by atoms with Crippen molar-refractivity contribution in [2.45, 2.75) is 48.5 Å². The van der Waals surface area contributed by atoms with Crippen LogP contribution in [0.5, 0.6) is 0 Å². The molecule has 0 aliphatic rings. The molecule has 0 saturated heterocycles. The molecule has 2 heteroatoms. The first-order chi connectivity index (χ1) is 5.20. The van der Waals surface area contributed by atoms with E-state index in [-0.39, 0.29) is 0 Å². The molecule has 76 valence electrons. The highest BCUT2D eigenvalue weighted by Crippen LogP contribution is 1.81. The van der Waals surface area contributed by atoms with E-state index in [1.54, 1.807) is 6.92 Å². The van der Waals surface area contributed by atoms with Gasteiger partial charge in [0, 0.05) is 0 Å². The van der Waals surface area contributed by atoms with E-state index < -0.39 is 0 Å². The van der Waals surface area contributed by atoms with Crippen LogP contribution in [-0.4, -0.2) is 4.99 Å². The molecule has 0 rings (SSSR count). The summed E-state index contributed by atoms with van der Waals surface area (Å²) >= 11 is 4.31. The highest BCUT2D eigenvalue weighted by atomic mass is 32.1. The van der Waals surface area contributed by atoms with Gasteiger partial charge in [0.15, 0.2) is 0 Å². The molecule has 0 spiro atoms. The summed E-state index contributed by atoms with van der Waals surface area (Å²) in [6.45, 7) is 14.7. The normalized spacial score (nSPS) is 8.08. The first-order valence-corrected chi connectivity index (χ1v) is 4.87. The SMILES string of the molecule is CC(C)C.CC(C)C.CC(N)=S. The molecule has 0 radical (unpaired) electrons. The predicted molar refractivity (Wildman–Crippen MR) is 63.5 cm³/mol. The van der Waals surface area contributed by atoms with Crippen molar-refractivity contribution in [3.63, 3.8) is 0 Å². The summed E-state index contributed by atoms with van der Waals surface area (Å²) < 4.78 is 0. The number of hydrogen-bond acceptors (Lipinski definition) is 1. The van der Waals surface area contributed by atoms with Gasteiger partial charge in [0.25, 0.3) is 0 Å². The first kappa shape index (κ1) is 17.8. The maximum atomic E-state index is 4.84. The molecule has 0 fully saturated rings. The summed E-state index contributed by atoms with van der Waals surface area (Å²) in [6.07, 6.45) is 0. The molecule has 1 nitrogen and oxygen atoms in total. The van der Waals surface area contributed by atoms with Gasteiger partial charge in [-0.25, -0.2) is 0 Å². The summed E-state index contributed by atoms with van der Waals surface area (Å²) in [4.78, 5) is 0.500. The number of hydrogen-bond donors (Lipinski definition) is 1. The van der Waals surface area contributed by atoms with Gasteiger partial charge < -0.3 is 5.73 Å². The van der Waals surface area contributed by atoms with Crippen LogP contribution in [0.4, 0.5) is 0 Å². The zero-order valence-corrected chi connectivity index (χ0v) is 10.5. The maximum Gasteiger partial charge on any atom is 0.0695 e. The predicted octanol–water partition coefficient (Wildman–Crippen LogP) is 3.62. The maximum absolute atomic E-state index is 4.84. The minimum Gasteiger partial charge on any atom is -0.394 e. The highest BCUT2D eigenvalue weighted by Gasteiger charge is 1.68. The molecule has 0 aromatic rings. The van der Waals surface area contributed by atoms with Gasteiger partial charge in [0.05, 0.1) is 4.99 Å². The second-order valence-electron chi connectivity index (χ2n) is 4.07. The van der Waals surface area contributed by atoms with E-state index in [9.17, 15) is 0 Å². The first-order valence-electron chi connectivity index (χ1n) is 4.46. The molecule has 12 heavy (non-hydrogen) atoms. The molecule has 0 atom stereocenters. The van der Waals surface area contributed by atoms with Crippen LogP contribution in [-0.2, 0) is 0 Å². The second kappa shape index (κ2) is 13.5. The Bertz CT molecular complexity index is 72.3. The average Bonchev–Trinajstić information content (AvgIpc) is 1.54. The van der Waals surface area contributed by atoms with Crippen molar-refractivity contribution in [2.24, 2.45) is 17.6 Å². The van der Waals surface area contributed by atoms with Crippen molar-refractivity contribution in [1.29, 1.82) is 0 Å². The van der Waals surface area contributed by atoms with Crippen molar-refractivity contribution >= 4 is 17.2 Å². The fourth-order valence-electron chi connectivity index (χ4n) is 0. The topological polar surface area (TPSA) is 26.0 Å². The summed E-state index contributed by atoms with van der Waals surface area (Å²) in [7, 11) is 0. The van der Waals surface area contributed by atoms with Gasteiger partial charge in [-0.2, -0.15) is 0 Å². The van der Waals surface area contributed by atoms with E-state index >= 15 is 0 Å². The van der Waals surface area contributed by atoms with Crippen molar-refractivity contribution in [3.05, 3.63) is 0 Å². The smallest absolute Gasteiger partial charge is 0.0695 e. The fraction of sp³-hybridized carbons (Fsp3) is 0.900. The molecule has 0 unspecified atom stereocenters. The van der Waals surface area contributed by atoms with Gasteiger partial charge in [0.2, 0.25) is 0 Å². The quantitative estimate of drug-likeness (QED) is 0.592. The third-order valence-corrected chi connectivity index (χ3v) is 0. The van der Waals surface area contributed by atoms with Crippen LogP contribution < -0.4 is 5.73 Å². The zero-order valence-electron chi connectivity index (χ0n) is 9.64. The molecule has 2 N–H and O–H groups in total. The monoisotopic (exact) mass is 191 g/mol. The van der Waals surface area contributed by atoms with Crippen LogP contribution in [0.15, 0.2) is 0 Å². The lowest BCUT2D eigenvalue weighted by Gasteiger charge is -1.79. The van der Waals surface area contributed by atoms with E-state index in [1.165, 1.54) is 0 Å². The largest absolute Gasteiger partial charge is 0.394 e. The third kappa shape index (κ3) is 64600. The molecule has 0 aliphatic carbocycles. The number of rotatable bonds is 0. The Kier molecular flexibility index (Phi) is 20.0. The highest BCUT2D eigenvalue weighted by molar-refractivity contribution is 7.80. The lowest BCUT2D eigenvalue weighted by molar-refractivity contribution is 0.736. The van der Waals surface area contributed by atoms with Crippen LogP contribution in [0.25, 0.3) is 0 Å². The van der Waals surface area contributed by atoms with Gasteiger partial charge in [-0.3, -0.25) is 0 Å². The summed E-state index contributed by atoms with van der Waals surface area (Å²) in [5.41, 5.74) is 4.84. The van der Waals surface area contributed by atoms with Crippen LogP contribution in [0.1, 0.15) is 48.5 Å². The van der Waals surface area contributed by atoms with E-state index in [1.807, 2.05) is 0 Å². The lowest BCUT2D eigenvalue weighted by atomic mass is 10.3. The zero-order chi connectivity index (χ0) is 10.7. The third-order valence-electron chi connectivity index (χ3n) is 0. The molecule has 0 heterocycles. The minimum atomic E-state index is 0.500. The van der Waals surface area contributed by atoms with Crippen molar-refractivity contribution in [1.82, 2.24) is 0 Å². The molecular weight excluding hydrogens is 166 g/mol. The summed E-state index contributed by atoms with van der Waals surface area (Å²) in [6, 6.07) is 0. The standard InChI is InChI=1S/2C4H10.C2H5NS/c2*1-4(2)3;1-2(3)4/h2*4H,1-3H3;1H3,(H2,3,4). The molecular formula is C10H25NS. The number of thiocarbonyl (C=S) groups is 1. The Morgan fingerprint density at radius 1 is 0.917 bits per heavy atom. The molecule has 0 aromatic carbocycles. The summed E-state index contributed by atoms with van der Waals surface area (Å²) in [5.74, 6) is 1.67. The van der Waals surface area contributed by atoms with Crippen LogP contribution >= 0.6 is 12.2 Å². The Morgan fingerprint density at radius 2 is 0.917 bits per heavy atom. The van der Waals surface area contributed by atoms with Crippen molar-refractivity contribution in [3.8, 4) is 0 Å². The Labute approximate surface area is 83.7 Å². The second-order valence-corrected chi connectivity index (χ2v) is 4.72. The molecule has 0 bridgehead atoms. The van der Waals surface area contributed by atoms with E-state index in [0.29, 0.717) is 4.99 Å². The molecule has 0 amide bonds. The van der Waals surface area contributed by atoms with Gasteiger partial charge >= 0.3 is 0 Å². The van der Waals surface area contributed by atoms with Gasteiger partial charge in [0.1, 0.15) is 0 Å². The van der Waals surface area contributed by atoms with Crippen LogP contribution in [0.3, 0.4) is 0 Å². The van der Waals surface area contributed by atoms with Gasteiger partial charge in [-0.15, -0.1) is 0 Å². The van der Waals surface area contributed by atoms with Crippen molar-refractivity contribution in [2.75, 3.05) is 0 Å². The summed E-state index contributed by atoms with van der Waals surface area (Å²) in [5, 5.41) is 0. The van der Waals surface area contributed by atoms with E-state index in [2.05, 4.69) is 53.8 Å². The van der Waals surface area contributed by atoms with Crippen LogP contribution in [0, 0.1) is 11.8 Å². The fourth-order valence-corrected chi connectivity index (χ4v) is 0. The van der Waals surface area contributed by atoms with Crippen LogP contribution in [0.2, 0.25) is 0 Å². The lowest BCUT2D eigenvalue weighted by Crippen LogP contribution is -1.98. The Morgan fingerprint density at radius 3 is 0.917 bits per heavy atom. The van der Waals surface area contributed by atoms with E-state index in [0.717, 1.165) is 11.8 Å². The van der Waals surface area contributed by atoms with E-state index in [4.69, 9.17) is 5.73 Å². The van der Waals surface area contributed by atoms with Gasteiger partial charge in [-0.1, -0.05) is 53.8 Å². The molecule has 0 aromatic heterocycles. The number of nitrogens with two attached hydrogens (primary N) is 1. The minimum absolute atomic E-state index is 0.500. The van der Waals surface area contributed by atoms with Crippen molar-refractivity contribution < 1.29 is 0 Å². The molecule has 0 saturated carbocycles. The Balaban J connectivity index is -0.000000101. The average molecular weight is 191 g/mol. The molecule has 0 aliphatic heterocycles. The Hall–Kier alpha value is -0.110. The van der Waals surface area contributed by atoms with Gasteiger partial charge in [-0.05, 0) is 18.8 Å².